The lowest BCUT2D eigenvalue weighted by molar-refractivity contribution is -0.0522. The van der Waals surface area contributed by atoms with E-state index >= 15 is 0 Å². The maximum Gasteiger partial charge on any atom is 0.387 e. The van der Waals surface area contributed by atoms with Crippen LogP contribution in [0.1, 0.15) is 29.0 Å². The van der Waals surface area contributed by atoms with Crippen LogP contribution in [0.4, 0.5) is 14.5 Å². The topological polar surface area (TPSA) is 59.6 Å². The second-order valence-corrected chi connectivity index (χ2v) is 5.08. The molecule has 0 bridgehead atoms. The SMILES string of the molecule is CCOc1cccc([C@@H]2NC(=O)c3ccccc3N2)c1OC(F)F. The second kappa shape index (κ2) is 6.74. The zero-order chi connectivity index (χ0) is 17.1. The fraction of sp³-hybridized carbons (Fsp3) is 0.235. The predicted molar refractivity (Wildman–Crippen MR) is 84.5 cm³/mol. The van der Waals surface area contributed by atoms with Crippen LogP contribution in [0.3, 0.4) is 0 Å². The Bertz CT molecular complexity index is 752. The van der Waals surface area contributed by atoms with Crippen molar-refractivity contribution in [2.45, 2.75) is 19.7 Å². The number of carbonyl (C=O) groups is 1. The maximum atomic E-state index is 12.8. The van der Waals surface area contributed by atoms with Gasteiger partial charge in [0.25, 0.3) is 5.91 Å². The predicted octanol–water partition coefficient (Wildman–Crippen LogP) is 3.54. The quantitative estimate of drug-likeness (QED) is 0.878. The molecule has 1 aliphatic heterocycles. The first kappa shape index (κ1) is 16.0. The Labute approximate surface area is 137 Å². The summed E-state index contributed by atoms with van der Waals surface area (Å²) < 4.78 is 35.7. The maximum absolute atomic E-state index is 12.8. The number of benzene rings is 2. The summed E-state index contributed by atoms with van der Waals surface area (Å²) in [6.07, 6.45) is -0.707. The molecule has 1 atom stereocenters. The summed E-state index contributed by atoms with van der Waals surface area (Å²) in [4.78, 5) is 12.2. The summed E-state index contributed by atoms with van der Waals surface area (Å²) in [5, 5.41) is 5.86. The molecule has 1 amide bonds. The highest BCUT2D eigenvalue weighted by molar-refractivity contribution is 6.01. The first-order valence-electron chi connectivity index (χ1n) is 7.47. The third kappa shape index (κ3) is 3.10. The van der Waals surface area contributed by atoms with Crippen molar-refractivity contribution in [2.75, 3.05) is 11.9 Å². The van der Waals surface area contributed by atoms with E-state index in [4.69, 9.17) is 4.74 Å². The number of para-hydroxylation sites is 2. The number of hydrogen-bond acceptors (Lipinski definition) is 4. The van der Waals surface area contributed by atoms with Gasteiger partial charge in [-0.1, -0.05) is 24.3 Å². The van der Waals surface area contributed by atoms with E-state index in [0.29, 0.717) is 23.4 Å². The third-order valence-electron chi connectivity index (χ3n) is 3.57. The van der Waals surface area contributed by atoms with Crippen LogP contribution >= 0.6 is 0 Å². The number of carbonyl (C=O) groups excluding carboxylic acids is 1. The third-order valence-corrected chi connectivity index (χ3v) is 3.57. The van der Waals surface area contributed by atoms with Crippen molar-refractivity contribution >= 4 is 11.6 Å². The highest BCUT2D eigenvalue weighted by Crippen LogP contribution is 2.38. The molecule has 0 radical (unpaired) electrons. The summed E-state index contributed by atoms with van der Waals surface area (Å²) in [6.45, 7) is -0.955. The second-order valence-electron chi connectivity index (χ2n) is 5.08. The highest BCUT2D eigenvalue weighted by Gasteiger charge is 2.28. The number of anilines is 1. The Morgan fingerprint density at radius 2 is 1.92 bits per heavy atom. The number of rotatable bonds is 5. The highest BCUT2D eigenvalue weighted by atomic mass is 19.3. The van der Waals surface area contributed by atoms with Crippen molar-refractivity contribution in [1.29, 1.82) is 0 Å². The molecule has 2 N–H and O–H groups in total. The average molecular weight is 334 g/mol. The first-order valence-corrected chi connectivity index (χ1v) is 7.47. The van der Waals surface area contributed by atoms with Gasteiger partial charge in [-0.25, -0.2) is 0 Å². The minimum atomic E-state index is -3.00. The van der Waals surface area contributed by atoms with Crippen molar-refractivity contribution in [3.63, 3.8) is 0 Å². The molecule has 0 aliphatic carbocycles. The lowest BCUT2D eigenvalue weighted by atomic mass is 10.0. The van der Waals surface area contributed by atoms with E-state index in [9.17, 15) is 13.6 Å². The Balaban J connectivity index is 2.00. The van der Waals surface area contributed by atoms with Crippen molar-refractivity contribution in [2.24, 2.45) is 0 Å². The van der Waals surface area contributed by atoms with Crippen LogP contribution in [0.2, 0.25) is 0 Å². The Morgan fingerprint density at radius 1 is 1.12 bits per heavy atom. The largest absolute Gasteiger partial charge is 0.490 e. The van der Waals surface area contributed by atoms with Crippen LogP contribution in [0, 0.1) is 0 Å². The number of ether oxygens (including phenoxy) is 2. The number of alkyl halides is 2. The van der Waals surface area contributed by atoms with Crippen molar-refractivity contribution < 1.29 is 23.0 Å². The van der Waals surface area contributed by atoms with Crippen LogP contribution in [-0.2, 0) is 0 Å². The minimum absolute atomic E-state index is 0.0912. The molecule has 0 fully saturated rings. The van der Waals surface area contributed by atoms with Crippen LogP contribution in [0.5, 0.6) is 11.5 Å². The average Bonchev–Trinajstić information content (AvgIpc) is 2.56. The molecule has 5 nitrogen and oxygen atoms in total. The summed E-state index contributed by atoms with van der Waals surface area (Å²) >= 11 is 0. The Morgan fingerprint density at radius 3 is 2.67 bits per heavy atom. The molecular weight excluding hydrogens is 318 g/mol. The number of halogens is 2. The van der Waals surface area contributed by atoms with E-state index < -0.39 is 12.8 Å². The molecule has 2 aromatic rings. The Kier molecular flexibility index (Phi) is 4.50. The normalized spacial score (nSPS) is 16.2. The van der Waals surface area contributed by atoms with Gasteiger partial charge in [-0.3, -0.25) is 4.79 Å². The molecule has 1 heterocycles. The molecule has 126 valence electrons. The van der Waals surface area contributed by atoms with Gasteiger partial charge in [0.05, 0.1) is 12.2 Å². The zero-order valence-corrected chi connectivity index (χ0v) is 12.9. The van der Waals surface area contributed by atoms with E-state index in [0.717, 1.165) is 0 Å². The molecule has 3 rings (SSSR count). The molecule has 0 spiro atoms. The first-order chi connectivity index (χ1) is 11.6. The van der Waals surface area contributed by atoms with Crippen LogP contribution in [0.15, 0.2) is 42.5 Å². The van der Waals surface area contributed by atoms with E-state index in [2.05, 4.69) is 15.4 Å². The van der Waals surface area contributed by atoms with Gasteiger partial charge >= 0.3 is 6.61 Å². The fourth-order valence-corrected chi connectivity index (χ4v) is 2.61. The molecule has 0 saturated heterocycles. The zero-order valence-electron chi connectivity index (χ0n) is 12.9. The molecule has 2 aromatic carbocycles. The molecule has 7 heteroatoms. The molecule has 1 aliphatic rings. The van der Waals surface area contributed by atoms with Crippen LogP contribution in [-0.4, -0.2) is 19.1 Å². The van der Waals surface area contributed by atoms with Gasteiger partial charge in [0.2, 0.25) is 0 Å². The van der Waals surface area contributed by atoms with E-state index in [-0.39, 0.29) is 17.4 Å². The van der Waals surface area contributed by atoms with Crippen molar-refractivity contribution in [1.82, 2.24) is 5.32 Å². The summed E-state index contributed by atoms with van der Waals surface area (Å²) in [5.74, 6) is -0.184. The fourth-order valence-electron chi connectivity index (χ4n) is 2.61. The summed E-state index contributed by atoms with van der Waals surface area (Å²) in [7, 11) is 0. The van der Waals surface area contributed by atoms with Crippen LogP contribution < -0.4 is 20.1 Å². The number of fused-ring (bicyclic) bond motifs is 1. The van der Waals surface area contributed by atoms with Gasteiger partial charge < -0.3 is 20.1 Å². The molecule has 24 heavy (non-hydrogen) atoms. The van der Waals surface area contributed by atoms with E-state index in [1.807, 2.05) is 0 Å². The molecule has 0 unspecified atom stereocenters. The monoisotopic (exact) mass is 334 g/mol. The van der Waals surface area contributed by atoms with E-state index in [1.54, 1.807) is 49.4 Å². The van der Waals surface area contributed by atoms with E-state index in [1.165, 1.54) is 0 Å². The van der Waals surface area contributed by atoms with Gasteiger partial charge in [0, 0.05) is 11.3 Å². The van der Waals surface area contributed by atoms with Gasteiger partial charge in [-0.2, -0.15) is 8.78 Å². The van der Waals surface area contributed by atoms with Crippen molar-refractivity contribution in [3.8, 4) is 11.5 Å². The Hall–Kier alpha value is -2.83. The van der Waals surface area contributed by atoms with Gasteiger partial charge in [0.1, 0.15) is 6.17 Å². The van der Waals surface area contributed by atoms with Gasteiger partial charge in [-0.15, -0.1) is 0 Å². The lowest BCUT2D eigenvalue weighted by Crippen LogP contribution is -2.38. The number of nitrogens with one attached hydrogen (secondary N) is 2. The number of hydrogen-bond donors (Lipinski definition) is 2. The molecule has 0 aromatic heterocycles. The van der Waals surface area contributed by atoms with Crippen molar-refractivity contribution in [3.05, 3.63) is 53.6 Å². The summed E-state index contributed by atoms with van der Waals surface area (Å²) in [6, 6.07) is 11.8. The van der Waals surface area contributed by atoms with Gasteiger partial charge in [0.15, 0.2) is 11.5 Å². The minimum Gasteiger partial charge on any atom is -0.490 e. The lowest BCUT2D eigenvalue weighted by Gasteiger charge is -2.29. The smallest absolute Gasteiger partial charge is 0.387 e. The van der Waals surface area contributed by atoms with Crippen LogP contribution in [0.25, 0.3) is 0 Å². The number of amides is 1. The molecular formula is C17H16F2N2O3. The molecule has 0 saturated carbocycles. The summed E-state index contributed by atoms with van der Waals surface area (Å²) in [5.41, 5.74) is 1.48. The standard InChI is InChI=1S/C17H16F2N2O3/c1-2-23-13-9-5-7-11(14(13)24-17(18)19)15-20-12-8-4-3-6-10(12)16(22)21-15/h3-9,15,17,20H,2H2,1H3,(H,21,22)/t15-/m0/s1. The van der Waals surface area contributed by atoms with Gasteiger partial charge in [-0.05, 0) is 25.1 Å².